The molecular weight excluding hydrogens is 256 g/mol. The van der Waals surface area contributed by atoms with E-state index in [1.165, 1.54) is 0 Å². The number of amides is 1. The van der Waals surface area contributed by atoms with Crippen LogP contribution >= 0.6 is 0 Å². The molecule has 0 radical (unpaired) electrons. The molecule has 0 saturated carbocycles. The van der Waals surface area contributed by atoms with Crippen molar-refractivity contribution < 1.29 is 9.53 Å². The van der Waals surface area contributed by atoms with Crippen LogP contribution in [0.2, 0.25) is 0 Å². The number of rotatable bonds is 7. The van der Waals surface area contributed by atoms with Crippen LogP contribution in [-0.4, -0.2) is 37.7 Å². The molecule has 6 heteroatoms. The Kier molecular flexibility index (Phi) is 6.47. The first kappa shape index (κ1) is 15.9. The van der Waals surface area contributed by atoms with E-state index in [1.807, 2.05) is 19.9 Å². The molecule has 0 spiro atoms. The Hall–Kier alpha value is -2.13. The second kappa shape index (κ2) is 8.12. The number of pyridine rings is 1. The average Bonchev–Trinajstić information content (AvgIpc) is 2.38. The van der Waals surface area contributed by atoms with Gasteiger partial charge in [0.05, 0.1) is 12.2 Å². The summed E-state index contributed by atoms with van der Waals surface area (Å²) in [6, 6.07) is 3.99. The minimum absolute atomic E-state index is 0.0579. The summed E-state index contributed by atoms with van der Waals surface area (Å²) in [5.41, 5.74) is 2.25. The first-order valence-electron chi connectivity index (χ1n) is 6.46. The molecule has 2 N–H and O–H groups in total. The summed E-state index contributed by atoms with van der Waals surface area (Å²) < 4.78 is 4.85. The lowest BCUT2D eigenvalue weighted by Crippen LogP contribution is -2.28. The van der Waals surface area contributed by atoms with E-state index in [9.17, 15) is 4.79 Å². The standard InChI is InChI=1S/C14H20N4O2/c1-10-8-11(2)18-14(12(10)9-15)17-5-4-13(19)16-6-7-20-3/h8H,4-7H2,1-3H3,(H,16,19)(H,17,18). The van der Waals surface area contributed by atoms with Gasteiger partial charge in [-0.2, -0.15) is 5.26 Å². The molecular formula is C14H20N4O2. The molecule has 0 unspecified atom stereocenters. The van der Waals surface area contributed by atoms with Crippen LogP contribution in [0.5, 0.6) is 0 Å². The fourth-order valence-electron chi connectivity index (χ4n) is 1.78. The number of hydrogen-bond donors (Lipinski definition) is 2. The van der Waals surface area contributed by atoms with Gasteiger partial charge in [-0.15, -0.1) is 0 Å². The Bertz CT molecular complexity index is 509. The van der Waals surface area contributed by atoms with Crippen LogP contribution in [-0.2, 0) is 9.53 Å². The molecule has 0 aliphatic heterocycles. The van der Waals surface area contributed by atoms with Gasteiger partial charge in [0.15, 0.2) is 0 Å². The zero-order valence-electron chi connectivity index (χ0n) is 12.1. The number of carbonyl (C=O) groups excluding carboxylic acids is 1. The largest absolute Gasteiger partial charge is 0.383 e. The van der Waals surface area contributed by atoms with Crippen molar-refractivity contribution in [1.29, 1.82) is 5.26 Å². The zero-order chi connectivity index (χ0) is 15.0. The lowest BCUT2D eigenvalue weighted by molar-refractivity contribution is -0.121. The van der Waals surface area contributed by atoms with Crippen molar-refractivity contribution in [2.45, 2.75) is 20.3 Å². The van der Waals surface area contributed by atoms with Crippen molar-refractivity contribution in [2.75, 3.05) is 32.1 Å². The molecule has 1 aromatic heterocycles. The molecule has 20 heavy (non-hydrogen) atoms. The smallest absolute Gasteiger partial charge is 0.221 e. The molecule has 6 nitrogen and oxygen atoms in total. The van der Waals surface area contributed by atoms with Gasteiger partial charge < -0.3 is 15.4 Å². The van der Waals surface area contributed by atoms with Gasteiger partial charge in [0, 0.05) is 32.3 Å². The normalized spacial score (nSPS) is 9.90. The Balaban J connectivity index is 2.50. The molecule has 0 atom stereocenters. The first-order chi connectivity index (χ1) is 9.58. The zero-order valence-corrected chi connectivity index (χ0v) is 12.1. The summed E-state index contributed by atoms with van der Waals surface area (Å²) in [7, 11) is 1.59. The number of aryl methyl sites for hydroxylation is 2. The summed E-state index contributed by atoms with van der Waals surface area (Å²) in [5.74, 6) is 0.479. The van der Waals surface area contributed by atoms with Crippen LogP contribution in [0.3, 0.4) is 0 Å². The van der Waals surface area contributed by atoms with Gasteiger partial charge in [-0.1, -0.05) is 0 Å². The Morgan fingerprint density at radius 3 is 2.85 bits per heavy atom. The van der Waals surface area contributed by atoms with Gasteiger partial charge in [0.2, 0.25) is 5.91 Å². The SMILES string of the molecule is COCCNC(=O)CCNc1nc(C)cc(C)c1C#N. The predicted molar refractivity (Wildman–Crippen MR) is 76.4 cm³/mol. The van der Waals surface area contributed by atoms with Crippen LogP contribution in [0, 0.1) is 25.2 Å². The maximum Gasteiger partial charge on any atom is 0.221 e. The maximum absolute atomic E-state index is 11.5. The van der Waals surface area contributed by atoms with Gasteiger partial charge in [0.1, 0.15) is 11.9 Å². The number of methoxy groups -OCH3 is 1. The van der Waals surface area contributed by atoms with Crippen LogP contribution in [0.15, 0.2) is 6.07 Å². The second-order valence-corrected chi connectivity index (χ2v) is 4.44. The predicted octanol–water partition coefficient (Wildman–Crippen LogP) is 1.13. The van der Waals surface area contributed by atoms with E-state index >= 15 is 0 Å². The first-order valence-corrected chi connectivity index (χ1v) is 6.46. The number of anilines is 1. The van der Waals surface area contributed by atoms with Crippen molar-refractivity contribution in [3.05, 3.63) is 22.9 Å². The third kappa shape index (κ3) is 4.86. The van der Waals surface area contributed by atoms with E-state index < -0.39 is 0 Å². The highest BCUT2D eigenvalue weighted by Crippen LogP contribution is 2.17. The summed E-state index contributed by atoms with van der Waals surface area (Å²) >= 11 is 0. The maximum atomic E-state index is 11.5. The third-order valence-electron chi connectivity index (χ3n) is 2.73. The molecule has 0 saturated heterocycles. The minimum atomic E-state index is -0.0579. The van der Waals surface area contributed by atoms with Crippen molar-refractivity contribution >= 4 is 11.7 Å². The number of nitrogens with one attached hydrogen (secondary N) is 2. The van der Waals surface area contributed by atoms with Gasteiger partial charge in [-0.05, 0) is 25.5 Å². The molecule has 108 valence electrons. The van der Waals surface area contributed by atoms with Gasteiger partial charge in [-0.25, -0.2) is 4.98 Å². The Morgan fingerprint density at radius 2 is 2.20 bits per heavy atom. The Morgan fingerprint density at radius 1 is 1.45 bits per heavy atom. The van der Waals surface area contributed by atoms with Crippen LogP contribution in [0.1, 0.15) is 23.2 Å². The fourth-order valence-corrected chi connectivity index (χ4v) is 1.78. The number of carbonyl (C=O) groups is 1. The lowest BCUT2D eigenvalue weighted by atomic mass is 10.1. The van der Waals surface area contributed by atoms with Crippen molar-refractivity contribution in [1.82, 2.24) is 10.3 Å². The molecule has 0 bridgehead atoms. The molecule has 0 fully saturated rings. The van der Waals surface area contributed by atoms with Crippen LogP contribution in [0.25, 0.3) is 0 Å². The quantitative estimate of drug-likeness (QED) is 0.729. The molecule has 0 aliphatic rings. The van der Waals surface area contributed by atoms with E-state index in [2.05, 4.69) is 21.7 Å². The number of aromatic nitrogens is 1. The lowest BCUT2D eigenvalue weighted by Gasteiger charge is -2.10. The van der Waals surface area contributed by atoms with E-state index in [0.29, 0.717) is 37.5 Å². The molecule has 1 amide bonds. The molecule has 0 aromatic carbocycles. The Labute approximate surface area is 119 Å². The highest BCUT2D eigenvalue weighted by molar-refractivity contribution is 5.76. The van der Waals surface area contributed by atoms with E-state index in [0.717, 1.165) is 11.3 Å². The molecule has 0 aliphatic carbocycles. The van der Waals surface area contributed by atoms with Crippen LogP contribution < -0.4 is 10.6 Å². The van der Waals surface area contributed by atoms with Crippen molar-refractivity contribution in [3.63, 3.8) is 0 Å². The van der Waals surface area contributed by atoms with Crippen molar-refractivity contribution in [3.8, 4) is 6.07 Å². The monoisotopic (exact) mass is 276 g/mol. The van der Waals surface area contributed by atoms with E-state index in [4.69, 9.17) is 10.00 Å². The number of nitriles is 1. The molecule has 1 heterocycles. The fraction of sp³-hybridized carbons (Fsp3) is 0.500. The summed E-state index contributed by atoms with van der Waals surface area (Å²) in [6.07, 6.45) is 0.323. The second-order valence-electron chi connectivity index (χ2n) is 4.44. The highest BCUT2D eigenvalue weighted by Gasteiger charge is 2.08. The minimum Gasteiger partial charge on any atom is -0.383 e. The average molecular weight is 276 g/mol. The molecule has 1 aromatic rings. The summed E-state index contributed by atoms with van der Waals surface area (Å²) in [5, 5.41) is 14.9. The van der Waals surface area contributed by atoms with E-state index in [-0.39, 0.29) is 5.91 Å². The number of nitrogens with zero attached hydrogens (tertiary/aromatic N) is 2. The molecule has 1 rings (SSSR count). The van der Waals surface area contributed by atoms with Gasteiger partial charge in [0.25, 0.3) is 0 Å². The van der Waals surface area contributed by atoms with Gasteiger partial charge in [-0.3, -0.25) is 4.79 Å². The highest BCUT2D eigenvalue weighted by atomic mass is 16.5. The van der Waals surface area contributed by atoms with E-state index in [1.54, 1.807) is 7.11 Å². The van der Waals surface area contributed by atoms with Gasteiger partial charge >= 0.3 is 0 Å². The van der Waals surface area contributed by atoms with Crippen molar-refractivity contribution in [2.24, 2.45) is 0 Å². The number of hydrogen-bond acceptors (Lipinski definition) is 5. The summed E-state index contributed by atoms with van der Waals surface area (Å²) in [4.78, 5) is 15.8. The number of ether oxygens (including phenoxy) is 1. The topological polar surface area (TPSA) is 87.0 Å². The summed E-state index contributed by atoms with van der Waals surface area (Å²) in [6.45, 7) is 5.17. The van der Waals surface area contributed by atoms with Crippen LogP contribution in [0.4, 0.5) is 5.82 Å². The third-order valence-corrected chi connectivity index (χ3v) is 2.73.